The normalized spacial score (nSPS) is 18.4. The molecule has 1 aliphatic carbocycles. The Morgan fingerprint density at radius 1 is 1.30 bits per heavy atom. The Balaban J connectivity index is 1.61. The molecule has 1 N–H and O–H groups in total. The van der Waals surface area contributed by atoms with E-state index in [4.69, 9.17) is 4.99 Å². The van der Waals surface area contributed by atoms with Crippen LogP contribution in [-0.4, -0.2) is 24.1 Å². The van der Waals surface area contributed by atoms with Gasteiger partial charge in [-0.2, -0.15) is 0 Å². The third-order valence-corrected chi connectivity index (χ3v) is 5.09. The van der Waals surface area contributed by atoms with Crippen molar-refractivity contribution in [1.29, 1.82) is 0 Å². The molecule has 1 aliphatic heterocycles. The highest BCUT2D eigenvalue weighted by atomic mass is 19.1. The largest absolute Gasteiger partial charge is 0.324 e. The van der Waals surface area contributed by atoms with Crippen molar-refractivity contribution in [2.45, 2.75) is 26.2 Å². The molecule has 6 heteroatoms. The topological polar surface area (TPSA) is 61.8 Å². The van der Waals surface area contributed by atoms with Gasteiger partial charge in [-0.1, -0.05) is 12.1 Å². The van der Waals surface area contributed by atoms with Crippen LogP contribution < -0.4 is 10.2 Å². The molecule has 0 saturated heterocycles. The molecule has 1 fully saturated rings. The number of hydrogen-bond acceptors (Lipinski definition) is 3. The summed E-state index contributed by atoms with van der Waals surface area (Å²) in [4.78, 5) is 32.0. The summed E-state index contributed by atoms with van der Waals surface area (Å²) in [5.41, 5.74) is 3.44. The Morgan fingerprint density at radius 3 is 2.93 bits per heavy atom. The van der Waals surface area contributed by atoms with Crippen molar-refractivity contribution >= 4 is 34.6 Å². The fourth-order valence-electron chi connectivity index (χ4n) is 3.74. The van der Waals surface area contributed by atoms with Gasteiger partial charge in [0.05, 0.1) is 17.3 Å². The van der Waals surface area contributed by atoms with Crippen molar-refractivity contribution in [2.24, 2.45) is 10.9 Å². The van der Waals surface area contributed by atoms with Gasteiger partial charge in [-0.25, -0.2) is 4.39 Å². The average molecular weight is 365 g/mol. The van der Waals surface area contributed by atoms with Gasteiger partial charge in [0.1, 0.15) is 12.4 Å². The Hall–Kier alpha value is -3.02. The molecule has 0 radical (unpaired) electrons. The van der Waals surface area contributed by atoms with Crippen LogP contribution in [0.25, 0.3) is 0 Å². The Kier molecular flexibility index (Phi) is 4.48. The molecule has 4 rings (SSSR count). The monoisotopic (exact) mass is 365 g/mol. The number of anilines is 2. The minimum Gasteiger partial charge on any atom is -0.324 e. The van der Waals surface area contributed by atoms with Gasteiger partial charge in [0.15, 0.2) is 0 Å². The lowest BCUT2D eigenvalue weighted by molar-refractivity contribution is -0.122. The Bertz CT molecular complexity index is 954. The van der Waals surface area contributed by atoms with Gasteiger partial charge in [-0.05, 0) is 62.1 Å². The van der Waals surface area contributed by atoms with Crippen molar-refractivity contribution in [2.75, 3.05) is 16.8 Å². The van der Waals surface area contributed by atoms with Crippen molar-refractivity contribution in [3.63, 3.8) is 0 Å². The van der Waals surface area contributed by atoms with Crippen LogP contribution in [0.3, 0.4) is 0 Å². The maximum Gasteiger partial charge on any atom is 0.244 e. The van der Waals surface area contributed by atoms with Crippen molar-refractivity contribution in [3.8, 4) is 0 Å². The lowest BCUT2D eigenvalue weighted by Gasteiger charge is -2.24. The number of aryl methyl sites for hydroxylation is 1. The number of rotatable bonds is 3. The number of nitrogens with zero attached hydrogens (tertiary/aromatic N) is 2. The second-order valence-electron chi connectivity index (χ2n) is 6.97. The minimum atomic E-state index is -0.354. The maximum absolute atomic E-state index is 13.3. The zero-order valence-corrected chi connectivity index (χ0v) is 15.0. The summed E-state index contributed by atoms with van der Waals surface area (Å²) in [5, 5.41) is 2.78. The number of aliphatic imine (C=N–C) groups is 1. The van der Waals surface area contributed by atoms with Crippen LogP contribution in [0, 0.1) is 18.7 Å². The van der Waals surface area contributed by atoms with Crippen LogP contribution in [0.1, 0.15) is 24.8 Å². The zero-order valence-electron chi connectivity index (χ0n) is 15.0. The Labute approximate surface area is 156 Å². The molecule has 0 spiro atoms. The van der Waals surface area contributed by atoms with Gasteiger partial charge in [0.2, 0.25) is 11.8 Å². The number of carbonyl (C=O) groups is 2. The number of hydrogen-bond donors (Lipinski definition) is 1. The van der Waals surface area contributed by atoms with Crippen molar-refractivity contribution in [3.05, 3.63) is 53.8 Å². The van der Waals surface area contributed by atoms with Gasteiger partial charge in [-0.15, -0.1) is 0 Å². The quantitative estimate of drug-likeness (QED) is 0.894. The smallest absolute Gasteiger partial charge is 0.244 e. The fourth-order valence-corrected chi connectivity index (χ4v) is 3.74. The number of halogens is 1. The van der Waals surface area contributed by atoms with E-state index in [0.29, 0.717) is 16.9 Å². The number of carbonyl (C=O) groups excluding carboxylic acids is 2. The standard InChI is InChI=1S/C21H20FN3O2/c1-13-11-14(22)9-10-16(13)24-20(26)12-25-19-8-3-2-6-18(19)23-17-7-4-5-15(17)21(25)27/h2-3,6,8-11,15H,4-5,7,12H2,1H3,(H,24,26)/t15-/m1/s1. The fraction of sp³-hybridized carbons (Fsp3) is 0.286. The van der Waals surface area contributed by atoms with E-state index in [0.717, 1.165) is 30.7 Å². The first kappa shape index (κ1) is 17.4. The van der Waals surface area contributed by atoms with Gasteiger partial charge < -0.3 is 10.2 Å². The molecule has 1 heterocycles. The molecular formula is C21H20FN3O2. The van der Waals surface area contributed by atoms with Crippen LogP contribution in [-0.2, 0) is 9.59 Å². The maximum atomic E-state index is 13.3. The highest BCUT2D eigenvalue weighted by Gasteiger charge is 2.37. The third-order valence-electron chi connectivity index (χ3n) is 5.09. The van der Waals surface area contributed by atoms with E-state index in [1.807, 2.05) is 24.3 Å². The summed E-state index contributed by atoms with van der Waals surface area (Å²) in [6, 6.07) is 11.6. The molecule has 1 atom stereocenters. The van der Waals surface area contributed by atoms with Gasteiger partial charge in [0.25, 0.3) is 0 Å². The number of nitrogens with one attached hydrogen (secondary N) is 1. The van der Waals surface area contributed by atoms with Gasteiger partial charge in [0, 0.05) is 11.4 Å². The number of para-hydroxylation sites is 2. The summed E-state index contributed by atoms with van der Waals surface area (Å²) in [5.74, 6) is -1.01. The van der Waals surface area contributed by atoms with E-state index in [9.17, 15) is 14.0 Å². The molecule has 1 saturated carbocycles. The van der Waals surface area contributed by atoms with Crippen LogP contribution in [0.2, 0.25) is 0 Å². The second-order valence-corrected chi connectivity index (χ2v) is 6.97. The summed E-state index contributed by atoms with van der Waals surface area (Å²) in [6.07, 6.45) is 2.52. The van der Waals surface area contributed by atoms with Crippen LogP contribution in [0.15, 0.2) is 47.5 Å². The highest BCUT2D eigenvalue weighted by molar-refractivity contribution is 6.16. The number of benzene rings is 2. The lowest BCUT2D eigenvalue weighted by atomic mass is 10.1. The number of amides is 2. The van der Waals surface area contributed by atoms with Crippen LogP contribution >= 0.6 is 0 Å². The first-order valence-electron chi connectivity index (χ1n) is 9.07. The number of fused-ring (bicyclic) bond motifs is 2. The predicted octanol–water partition coefficient (Wildman–Crippen LogP) is 3.99. The first-order valence-corrected chi connectivity index (χ1v) is 9.07. The van der Waals surface area contributed by atoms with E-state index >= 15 is 0 Å². The molecular weight excluding hydrogens is 345 g/mol. The molecule has 138 valence electrons. The van der Waals surface area contributed by atoms with Gasteiger partial charge in [-0.3, -0.25) is 14.6 Å². The molecule has 0 aromatic heterocycles. The van der Waals surface area contributed by atoms with E-state index in [2.05, 4.69) is 5.32 Å². The molecule has 2 aliphatic rings. The summed E-state index contributed by atoms with van der Waals surface area (Å²) < 4.78 is 13.3. The predicted molar refractivity (Wildman–Crippen MR) is 103 cm³/mol. The molecule has 27 heavy (non-hydrogen) atoms. The summed E-state index contributed by atoms with van der Waals surface area (Å²) in [7, 11) is 0. The van der Waals surface area contributed by atoms with E-state index < -0.39 is 0 Å². The van der Waals surface area contributed by atoms with Crippen molar-refractivity contribution in [1.82, 2.24) is 0 Å². The highest BCUT2D eigenvalue weighted by Crippen LogP contribution is 2.37. The van der Waals surface area contributed by atoms with E-state index in [1.54, 1.807) is 6.92 Å². The zero-order chi connectivity index (χ0) is 19.0. The molecule has 0 bridgehead atoms. The average Bonchev–Trinajstić information content (AvgIpc) is 3.06. The third kappa shape index (κ3) is 3.35. The van der Waals surface area contributed by atoms with Gasteiger partial charge >= 0.3 is 0 Å². The van der Waals surface area contributed by atoms with Crippen LogP contribution in [0.4, 0.5) is 21.5 Å². The van der Waals surface area contributed by atoms with E-state index in [1.165, 1.54) is 23.1 Å². The molecule has 2 amide bonds. The SMILES string of the molecule is Cc1cc(F)ccc1NC(=O)CN1C(=O)[C@@H]2CCCC2=Nc2ccccc21. The summed E-state index contributed by atoms with van der Waals surface area (Å²) in [6.45, 7) is 1.62. The molecule has 0 unspecified atom stereocenters. The molecule has 2 aromatic carbocycles. The van der Waals surface area contributed by atoms with Crippen molar-refractivity contribution < 1.29 is 14.0 Å². The first-order chi connectivity index (χ1) is 13.0. The minimum absolute atomic E-state index is 0.0813. The lowest BCUT2D eigenvalue weighted by Crippen LogP contribution is -2.41. The summed E-state index contributed by atoms with van der Waals surface area (Å²) >= 11 is 0. The van der Waals surface area contributed by atoms with E-state index in [-0.39, 0.29) is 30.1 Å². The van der Waals surface area contributed by atoms with Crippen LogP contribution in [0.5, 0.6) is 0 Å². The Morgan fingerprint density at radius 2 is 2.11 bits per heavy atom. The molecule has 5 nitrogen and oxygen atoms in total. The molecule has 2 aromatic rings. The second kappa shape index (κ2) is 6.95.